The van der Waals surface area contributed by atoms with Gasteiger partial charge in [0.1, 0.15) is 18.0 Å². The summed E-state index contributed by atoms with van der Waals surface area (Å²) < 4.78 is 40.6. The fourth-order valence-corrected chi connectivity index (χ4v) is 4.79. The van der Waals surface area contributed by atoms with Crippen LogP contribution in [-0.4, -0.2) is 43.5 Å². The number of halogens is 1. The Morgan fingerprint density at radius 2 is 2.16 bits per heavy atom. The first-order chi connectivity index (χ1) is 11.8. The quantitative estimate of drug-likeness (QED) is 0.818. The van der Waals surface area contributed by atoms with Crippen LogP contribution in [0.1, 0.15) is 38.2 Å². The zero-order chi connectivity index (χ0) is 18.2. The third-order valence-corrected chi connectivity index (χ3v) is 6.06. The van der Waals surface area contributed by atoms with E-state index in [-0.39, 0.29) is 0 Å². The minimum absolute atomic E-state index is 0.454. The number of likely N-dealkylation sites (tertiary alicyclic amines) is 1. The lowest BCUT2D eigenvalue weighted by atomic mass is 10.1. The van der Waals surface area contributed by atoms with Crippen molar-refractivity contribution in [2.24, 2.45) is 0 Å². The van der Waals surface area contributed by atoms with Crippen LogP contribution in [0, 0.1) is 5.82 Å². The number of hydrogen-bond acceptors (Lipinski definition) is 5. The van der Waals surface area contributed by atoms with E-state index in [1.54, 1.807) is 4.72 Å². The van der Waals surface area contributed by atoms with Gasteiger partial charge in [-0.1, -0.05) is 13.3 Å². The molecule has 0 aliphatic carbocycles. The second-order valence-electron chi connectivity index (χ2n) is 6.54. The van der Waals surface area contributed by atoms with E-state index in [1.165, 1.54) is 12.1 Å². The number of anilines is 1. The van der Waals surface area contributed by atoms with Crippen LogP contribution in [0.4, 0.5) is 10.1 Å². The molecule has 1 amide bonds. The number of nitrogens with one attached hydrogen (secondary N) is 1. The van der Waals surface area contributed by atoms with Gasteiger partial charge in [-0.2, -0.15) is 8.42 Å². The molecule has 2 heterocycles. The fourth-order valence-electron chi connectivity index (χ4n) is 3.62. The van der Waals surface area contributed by atoms with Gasteiger partial charge in [0.05, 0.1) is 0 Å². The molecule has 3 rings (SSSR count). The normalized spacial score (nSPS) is 23.2. The molecule has 0 spiro atoms. The van der Waals surface area contributed by atoms with E-state index in [9.17, 15) is 22.7 Å². The first-order valence-electron chi connectivity index (χ1n) is 8.40. The van der Waals surface area contributed by atoms with Crippen LogP contribution in [0.15, 0.2) is 12.1 Å². The van der Waals surface area contributed by atoms with E-state index in [0.717, 1.165) is 32.2 Å². The van der Waals surface area contributed by atoms with Gasteiger partial charge in [-0.25, -0.2) is 13.4 Å². The fraction of sp³-hybridized carbons (Fsp3) is 0.562. The Labute approximate surface area is 146 Å². The number of benzene rings is 1. The zero-order valence-corrected chi connectivity index (χ0v) is 14.9. The molecule has 1 aromatic rings. The Hall–Kier alpha value is -1.87. The summed E-state index contributed by atoms with van der Waals surface area (Å²) in [6.07, 6.45) is 4.36. The van der Waals surface area contributed by atoms with Crippen LogP contribution in [0.25, 0.3) is 0 Å². The van der Waals surface area contributed by atoms with Crippen molar-refractivity contribution in [1.29, 1.82) is 0 Å². The molecule has 2 aliphatic rings. The summed E-state index contributed by atoms with van der Waals surface area (Å²) in [5.74, 6) is -2.11. The lowest BCUT2D eigenvalue weighted by molar-refractivity contribution is -0.117. The van der Waals surface area contributed by atoms with Gasteiger partial charge in [-0.05, 0) is 43.5 Å². The second-order valence-corrected chi connectivity index (χ2v) is 8.13. The summed E-state index contributed by atoms with van der Waals surface area (Å²) >= 11 is 0. The van der Waals surface area contributed by atoms with E-state index in [4.69, 9.17) is 0 Å². The number of amides is 1. The van der Waals surface area contributed by atoms with Crippen LogP contribution in [0.5, 0.6) is 5.75 Å². The molecular formula is C16H22FN3O4S. The molecule has 2 aliphatic heterocycles. The number of carbonyl (C=O) groups is 1. The largest absolute Gasteiger partial charge is 0.506 e. The summed E-state index contributed by atoms with van der Waals surface area (Å²) in [6, 6.07) is 3.06. The highest BCUT2D eigenvalue weighted by Gasteiger charge is 2.37. The molecule has 1 aromatic carbocycles. The van der Waals surface area contributed by atoms with E-state index in [2.05, 4.69) is 11.8 Å². The molecule has 138 valence electrons. The van der Waals surface area contributed by atoms with Crippen LogP contribution in [0.2, 0.25) is 0 Å². The van der Waals surface area contributed by atoms with Gasteiger partial charge in [0, 0.05) is 12.6 Å². The lowest BCUT2D eigenvalue weighted by Gasteiger charge is -2.25. The minimum Gasteiger partial charge on any atom is -0.506 e. The van der Waals surface area contributed by atoms with Crippen molar-refractivity contribution in [3.63, 3.8) is 0 Å². The van der Waals surface area contributed by atoms with Gasteiger partial charge in [0.15, 0.2) is 5.82 Å². The van der Waals surface area contributed by atoms with E-state index in [0.29, 0.717) is 22.5 Å². The monoisotopic (exact) mass is 371 g/mol. The lowest BCUT2D eigenvalue weighted by Crippen LogP contribution is -2.30. The standard InChI is InChI=1S/C16H22FN3O4S/c1-2-4-12-5-3-6-19(12)9-11-7-13(17)16(14(21)8-11)20-10-15(22)18-25(20,23)24/h7-8,12,21H,2-6,9-10H2,1H3,(H,18,22). The number of rotatable bonds is 5. The van der Waals surface area contributed by atoms with Crippen molar-refractivity contribution < 1.29 is 22.7 Å². The van der Waals surface area contributed by atoms with Gasteiger partial charge in [0.2, 0.25) is 0 Å². The molecule has 25 heavy (non-hydrogen) atoms. The predicted molar refractivity (Wildman–Crippen MR) is 90.8 cm³/mol. The third-order valence-electron chi connectivity index (χ3n) is 4.68. The Bertz CT molecular complexity index is 761. The van der Waals surface area contributed by atoms with Crippen molar-refractivity contribution in [1.82, 2.24) is 9.62 Å². The second kappa shape index (κ2) is 6.80. The van der Waals surface area contributed by atoms with Crippen LogP contribution in [0.3, 0.4) is 0 Å². The van der Waals surface area contributed by atoms with Crippen molar-refractivity contribution in [2.45, 2.75) is 45.2 Å². The average molecular weight is 371 g/mol. The highest BCUT2D eigenvalue weighted by molar-refractivity contribution is 7.92. The Kier molecular flexibility index (Phi) is 4.88. The number of aromatic hydroxyl groups is 1. The first kappa shape index (κ1) is 17.9. The summed E-state index contributed by atoms with van der Waals surface area (Å²) in [5, 5.41) is 10.2. The average Bonchev–Trinajstić information content (AvgIpc) is 3.03. The summed E-state index contributed by atoms with van der Waals surface area (Å²) in [4.78, 5) is 13.6. The summed E-state index contributed by atoms with van der Waals surface area (Å²) in [6.45, 7) is 3.01. The first-order valence-corrected chi connectivity index (χ1v) is 9.84. The maximum Gasteiger partial charge on any atom is 0.326 e. The van der Waals surface area contributed by atoms with E-state index < -0.39 is 39.9 Å². The topological polar surface area (TPSA) is 89.9 Å². The predicted octanol–water partition coefficient (Wildman–Crippen LogP) is 1.48. The van der Waals surface area contributed by atoms with Gasteiger partial charge in [0.25, 0.3) is 5.91 Å². The molecule has 0 bridgehead atoms. The molecule has 2 saturated heterocycles. The Morgan fingerprint density at radius 3 is 2.76 bits per heavy atom. The molecule has 7 nitrogen and oxygen atoms in total. The number of hydrogen-bond donors (Lipinski definition) is 2. The molecule has 1 atom stereocenters. The number of phenolic OH excluding ortho intramolecular Hbond substituents is 1. The SMILES string of the molecule is CCCC1CCCN1Cc1cc(O)c(N2CC(=O)NS2(=O)=O)c(F)c1. The number of phenols is 1. The van der Waals surface area contributed by atoms with Gasteiger partial charge in [-0.15, -0.1) is 0 Å². The van der Waals surface area contributed by atoms with Crippen LogP contribution in [-0.2, 0) is 21.5 Å². The molecule has 2 N–H and O–H groups in total. The summed E-state index contributed by atoms with van der Waals surface area (Å²) in [5.41, 5.74) is 0.0891. The minimum atomic E-state index is -4.16. The highest BCUT2D eigenvalue weighted by Crippen LogP contribution is 2.35. The Morgan fingerprint density at radius 1 is 1.40 bits per heavy atom. The van der Waals surface area contributed by atoms with Gasteiger partial charge >= 0.3 is 10.2 Å². The maximum absolute atomic E-state index is 14.5. The maximum atomic E-state index is 14.5. The Balaban J connectivity index is 1.85. The van der Waals surface area contributed by atoms with Crippen molar-refractivity contribution >= 4 is 21.8 Å². The molecule has 0 saturated carbocycles. The molecule has 2 fully saturated rings. The molecular weight excluding hydrogens is 349 g/mol. The van der Waals surface area contributed by atoms with Crippen LogP contribution >= 0.6 is 0 Å². The number of nitrogens with zero attached hydrogens (tertiary/aromatic N) is 2. The summed E-state index contributed by atoms with van der Waals surface area (Å²) in [7, 11) is -4.16. The smallest absolute Gasteiger partial charge is 0.326 e. The van der Waals surface area contributed by atoms with E-state index in [1.807, 2.05) is 0 Å². The van der Waals surface area contributed by atoms with Gasteiger partial charge < -0.3 is 5.11 Å². The molecule has 1 unspecified atom stereocenters. The van der Waals surface area contributed by atoms with Gasteiger partial charge in [-0.3, -0.25) is 9.69 Å². The molecule has 9 heteroatoms. The number of carbonyl (C=O) groups excluding carboxylic acids is 1. The third kappa shape index (κ3) is 3.57. The van der Waals surface area contributed by atoms with Crippen molar-refractivity contribution in [2.75, 3.05) is 17.4 Å². The van der Waals surface area contributed by atoms with Crippen molar-refractivity contribution in [3.8, 4) is 5.75 Å². The van der Waals surface area contributed by atoms with Crippen molar-refractivity contribution in [3.05, 3.63) is 23.5 Å². The highest BCUT2D eigenvalue weighted by atomic mass is 32.2. The molecule has 0 aromatic heterocycles. The molecule has 0 radical (unpaired) electrons. The van der Waals surface area contributed by atoms with Crippen LogP contribution < -0.4 is 9.03 Å². The van der Waals surface area contributed by atoms with E-state index >= 15 is 0 Å². The zero-order valence-electron chi connectivity index (χ0n) is 14.0.